The number of thioether (sulfide) groups is 1. The summed E-state index contributed by atoms with van der Waals surface area (Å²) < 4.78 is 11.1. The predicted molar refractivity (Wildman–Crippen MR) is 59.9 cm³/mol. The number of carbonyl (C=O) groups is 1. The van der Waals surface area contributed by atoms with Crippen molar-refractivity contribution in [1.82, 2.24) is 4.90 Å². The van der Waals surface area contributed by atoms with Crippen LogP contribution in [0.4, 0.5) is 0 Å². The lowest BCUT2D eigenvalue weighted by molar-refractivity contribution is -0.130. The van der Waals surface area contributed by atoms with Crippen LogP contribution in [0.25, 0.3) is 0 Å². The lowest BCUT2D eigenvalue weighted by atomic mass is 10.2. The molecule has 3 nitrogen and oxygen atoms in total. The minimum absolute atomic E-state index is 0.196. The van der Waals surface area contributed by atoms with Crippen molar-refractivity contribution >= 4 is 28.5 Å². The topological polar surface area (TPSA) is 37.4 Å². The summed E-state index contributed by atoms with van der Waals surface area (Å²) in [7, 11) is -0.680. The van der Waals surface area contributed by atoms with Gasteiger partial charge in [-0.05, 0) is 18.6 Å². The van der Waals surface area contributed by atoms with Gasteiger partial charge in [0.1, 0.15) is 0 Å². The standard InChI is InChI=1S/C9H15NO2S2/c11-9(8-2-1-5-13-8)10-3-6-14(12)7-4-10/h8H,1-7H2. The van der Waals surface area contributed by atoms with Crippen molar-refractivity contribution in [1.29, 1.82) is 0 Å². The van der Waals surface area contributed by atoms with E-state index in [4.69, 9.17) is 0 Å². The molecule has 0 aromatic carbocycles. The van der Waals surface area contributed by atoms with Crippen molar-refractivity contribution in [3.8, 4) is 0 Å². The van der Waals surface area contributed by atoms with Gasteiger partial charge in [-0.1, -0.05) is 0 Å². The first-order chi connectivity index (χ1) is 6.77. The van der Waals surface area contributed by atoms with Crippen LogP contribution in [0, 0.1) is 0 Å². The highest BCUT2D eigenvalue weighted by molar-refractivity contribution is 8.00. The Morgan fingerprint density at radius 2 is 2.07 bits per heavy atom. The summed E-state index contributed by atoms with van der Waals surface area (Å²) in [4.78, 5) is 13.8. The number of carbonyl (C=O) groups excluding carboxylic acids is 1. The van der Waals surface area contributed by atoms with Crippen molar-refractivity contribution in [3.63, 3.8) is 0 Å². The third-order valence-corrected chi connectivity index (χ3v) is 5.33. The largest absolute Gasteiger partial charge is 0.340 e. The molecule has 0 aliphatic carbocycles. The van der Waals surface area contributed by atoms with Crippen LogP contribution in [-0.2, 0) is 15.6 Å². The molecule has 0 bridgehead atoms. The third-order valence-electron chi connectivity index (χ3n) is 2.69. The van der Waals surface area contributed by atoms with Gasteiger partial charge in [-0.25, -0.2) is 0 Å². The second-order valence-corrected chi connectivity index (χ2v) is 6.68. The zero-order chi connectivity index (χ0) is 9.97. The molecule has 0 radical (unpaired) electrons. The van der Waals surface area contributed by atoms with Crippen LogP contribution in [0.5, 0.6) is 0 Å². The minimum atomic E-state index is -0.680. The number of amides is 1. The van der Waals surface area contributed by atoms with E-state index in [1.165, 1.54) is 6.42 Å². The summed E-state index contributed by atoms with van der Waals surface area (Å²) in [6.07, 6.45) is 2.20. The Bertz CT molecular complexity index is 241. The molecule has 2 heterocycles. The monoisotopic (exact) mass is 233 g/mol. The molecule has 2 aliphatic rings. The molecule has 14 heavy (non-hydrogen) atoms. The molecule has 0 N–H and O–H groups in total. The quantitative estimate of drug-likeness (QED) is 0.661. The van der Waals surface area contributed by atoms with E-state index in [-0.39, 0.29) is 11.2 Å². The van der Waals surface area contributed by atoms with Crippen LogP contribution in [0.15, 0.2) is 0 Å². The number of hydrogen-bond donors (Lipinski definition) is 0. The van der Waals surface area contributed by atoms with Crippen molar-refractivity contribution in [2.24, 2.45) is 0 Å². The van der Waals surface area contributed by atoms with E-state index >= 15 is 0 Å². The highest BCUT2D eigenvalue weighted by Gasteiger charge is 2.29. The Labute approximate surface area is 91.1 Å². The SMILES string of the molecule is O=C(C1CCCS1)N1CCS(=O)CC1. The summed E-state index contributed by atoms with van der Waals surface area (Å²) in [5.74, 6) is 2.74. The van der Waals surface area contributed by atoms with Crippen molar-refractivity contribution in [2.75, 3.05) is 30.3 Å². The van der Waals surface area contributed by atoms with Crippen molar-refractivity contribution in [2.45, 2.75) is 18.1 Å². The summed E-state index contributed by atoms with van der Waals surface area (Å²) in [6.45, 7) is 1.39. The molecule has 2 saturated heterocycles. The molecular formula is C9H15NO2S2. The van der Waals surface area contributed by atoms with Crippen LogP contribution in [-0.4, -0.2) is 50.6 Å². The Morgan fingerprint density at radius 1 is 1.36 bits per heavy atom. The molecule has 0 aromatic rings. The smallest absolute Gasteiger partial charge is 0.235 e. The van der Waals surface area contributed by atoms with Gasteiger partial charge in [0.05, 0.1) is 5.25 Å². The van der Waals surface area contributed by atoms with E-state index in [0.717, 1.165) is 12.2 Å². The Hall–Kier alpha value is -0.0300. The van der Waals surface area contributed by atoms with Gasteiger partial charge in [0.15, 0.2) is 0 Å². The van der Waals surface area contributed by atoms with Gasteiger partial charge in [0.25, 0.3) is 0 Å². The van der Waals surface area contributed by atoms with E-state index in [0.29, 0.717) is 24.6 Å². The van der Waals surface area contributed by atoms with Gasteiger partial charge >= 0.3 is 0 Å². The molecular weight excluding hydrogens is 218 g/mol. The van der Waals surface area contributed by atoms with E-state index in [1.807, 2.05) is 4.90 Å². The average molecular weight is 233 g/mol. The average Bonchev–Trinajstić information content (AvgIpc) is 2.71. The van der Waals surface area contributed by atoms with E-state index in [1.54, 1.807) is 11.8 Å². The summed E-state index contributed by atoms with van der Waals surface area (Å²) >= 11 is 1.78. The number of hydrogen-bond acceptors (Lipinski definition) is 3. The van der Waals surface area contributed by atoms with Gasteiger partial charge in [-0.2, -0.15) is 0 Å². The van der Waals surface area contributed by atoms with Gasteiger partial charge in [0, 0.05) is 35.4 Å². The van der Waals surface area contributed by atoms with Crippen LogP contribution in [0.3, 0.4) is 0 Å². The first kappa shape index (κ1) is 10.5. The zero-order valence-corrected chi connectivity index (χ0v) is 9.74. The molecule has 1 atom stereocenters. The maximum absolute atomic E-state index is 11.9. The molecule has 2 aliphatic heterocycles. The summed E-state index contributed by atoms with van der Waals surface area (Å²) in [5.41, 5.74) is 0. The fourth-order valence-electron chi connectivity index (χ4n) is 1.83. The van der Waals surface area contributed by atoms with Crippen LogP contribution in [0.1, 0.15) is 12.8 Å². The predicted octanol–water partition coefficient (Wildman–Crippen LogP) is 0.473. The Morgan fingerprint density at radius 3 is 2.64 bits per heavy atom. The van der Waals surface area contributed by atoms with Gasteiger partial charge < -0.3 is 4.90 Å². The van der Waals surface area contributed by atoms with Gasteiger partial charge in [-0.3, -0.25) is 9.00 Å². The molecule has 80 valence electrons. The van der Waals surface area contributed by atoms with E-state index in [9.17, 15) is 9.00 Å². The van der Waals surface area contributed by atoms with Crippen molar-refractivity contribution in [3.05, 3.63) is 0 Å². The van der Waals surface area contributed by atoms with Gasteiger partial charge in [0.2, 0.25) is 5.91 Å². The maximum Gasteiger partial charge on any atom is 0.235 e. The number of nitrogens with zero attached hydrogens (tertiary/aromatic N) is 1. The molecule has 0 spiro atoms. The molecule has 1 amide bonds. The fraction of sp³-hybridized carbons (Fsp3) is 0.889. The normalized spacial score (nSPS) is 29.4. The van der Waals surface area contributed by atoms with Crippen LogP contribution < -0.4 is 0 Å². The highest BCUT2D eigenvalue weighted by atomic mass is 32.2. The van der Waals surface area contributed by atoms with Crippen molar-refractivity contribution < 1.29 is 9.00 Å². The van der Waals surface area contributed by atoms with Gasteiger partial charge in [-0.15, -0.1) is 11.8 Å². The van der Waals surface area contributed by atoms with E-state index in [2.05, 4.69) is 0 Å². The molecule has 2 fully saturated rings. The Balaban J connectivity index is 1.88. The first-order valence-corrected chi connectivity index (χ1v) is 7.56. The summed E-state index contributed by atoms with van der Waals surface area (Å²) in [5, 5.41) is 0.196. The minimum Gasteiger partial charge on any atom is -0.340 e. The second-order valence-electron chi connectivity index (χ2n) is 3.68. The fourth-order valence-corrected chi connectivity index (χ4v) is 4.13. The molecule has 2 rings (SSSR count). The lowest BCUT2D eigenvalue weighted by Gasteiger charge is -2.28. The van der Waals surface area contributed by atoms with Crippen LogP contribution in [0.2, 0.25) is 0 Å². The zero-order valence-electron chi connectivity index (χ0n) is 8.11. The maximum atomic E-state index is 11.9. The lowest BCUT2D eigenvalue weighted by Crippen LogP contribution is -2.45. The molecule has 0 saturated carbocycles. The molecule has 5 heteroatoms. The molecule has 1 unspecified atom stereocenters. The Kier molecular flexibility index (Phi) is 3.49. The highest BCUT2D eigenvalue weighted by Crippen LogP contribution is 2.27. The number of rotatable bonds is 1. The third kappa shape index (κ3) is 2.31. The van der Waals surface area contributed by atoms with E-state index < -0.39 is 10.8 Å². The first-order valence-electron chi connectivity index (χ1n) is 5.03. The van der Waals surface area contributed by atoms with Crippen LogP contribution >= 0.6 is 11.8 Å². The second kappa shape index (κ2) is 4.66. The summed E-state index contributed by atoms with van der Waals surface area (Å²) in [6, 6.07) is 0. The molecule has 0 aromatic heterocycles.